The third kappa shape index (κ3) is 3.20. The molecule has 0 aliphatic carbocycles. The fourth-order valence-corrected chi connectivity index (χ4v) is 3.70. The van der Waals surface area contributed by atoms with E-state index in [1.54, 1.807) is 26.4 Å². The van der Waals surface area contributed by atoms with Gasteiger partial charge in [0, 0.05) is 17.0 Å². The highest BCUT2D eigenvalue weighted by molar-refractivity contribution is 5.88. The Kier molecular flexibility index (Phi) is 4.70. The van der Waals surface area contributed by atoms with Crippen LogP contribution in [0.25, 0.3) is 27.8 Å². The lowest BCUT2D eigenvalue weighted by molar-refractivity contribution is 0.356. The molecule has 0 saturated carbocycles. The van der Waals surface area contributed by atoms with Gasteiger partial charge in [-0.15, -0.1) is 0 Å². The minimum atomic E-state index is -0.272. The molecule has 0 saturated heterocycles. The van der Waals surface area contributed by atoms with Gasteiger partial charge < -0.3 is 9.47 Å². The van der Waals surface area contributed by atoms with E-state index in [0.717, 1.165) is 44.8 Å². The number of aromatic nitrogens is 3. The minimum absolute atomic E-state index is 0.272. The summed E-state index contributed by atoms with van der Waals surface area (Å²) in [5, 5.41) is 5.67. The average molecular weight is 391 g/mol. The van der Waals surface area contributed by atoms with Crippen molar-refractivity contribution in [2.45, 2.75) is 20.8 Å². The Morgan fingerprint density at radius 3 is 2.21 bits per heavy atom. The third-order valence-electron chi connectivity index (χ3n) is 5.14. The van der Waals surface area contributed by atoms with Crippen molar-refractivity contribution in [1.29, 1.82) is 0 Å². The maximum Gasteiger partial charge on any atom is 0.162 e. The standard InChI is InChI=1S/C23H22FN3O2/c1-13-10-20(25-19-12-22(29-5)21(28-4)11-18(13)19)23-14(2)26-27(15(23)3)17-8-6-16(24)7-9-17/h6-12H,1-5H3. The van der Waals surface area contributed by atoms with Crippen LogP contribution in [0.4, 0.5) is 4.39 Å². The number of ether oxygens (including phenoxy) is 2. The van der Waals surface area contributed by atoms with Gasteiger partial charge in [-0.25, -0.2) is 14.1 Å². The number of rotatable bonds is 4. The molecule has 0 aliphatic heterocycles. The lowest BCUT2D eigenvalue weighted by atomic mass is 10.0. The molecule has 0 atom stereocenters. The van der Waals surface area contributed by atoms with Crippen LogP contribution in [-0.2, 0) is 0 Å². The zero-order valence-electron chi connectivity index (χ0n) is 17.1. The summed E-state index contributed by atoms with van der Waals surface area (Å²) in [6.07, 6.45) is 0. The highest BCUT2D eigenvalue weighted by Gasteiger charge is 2.18. The van der Waals surface area contributed by atoms with Crippen LogP contribution in [0.3, 0.4) is 0 Å². The zero-order chi connectivity index (χ0) is 20.7. The highest BCUT2D eigenvalue weighted by Crippen LogP contribution is 2.35. The van der Waals surface area contributed by atoms with E-state index >= 15 is 0 Å². The smallest absolute Gasteiger partial charge is 0.162 e. The van der Waals surface area contributed by atoms with Crippen molar-refractivity contribution in [1.82, 2.24) is 14.8 Å². The second-order valence-electron chi connectivity index (χ2n) is 6.98. The Balaban J connectivity index is 1.90. The normalized spacial score (nSPS) is 11.1. The predicted molar refractivity (Wildman–Crippen MR) is 112 cm³/mol. The third-order valence-corrected chi connectivity index (χ3v) is 5.14. The summed E-state index contributed by atoms with van der Waals surface area (Å²) in [4.78, 5) is 4.88. The average Bonchev–Trinajstić information content (AvgIpc) is 3.01. The van der Waals surface area contributed by atoms with Crippen molar-refractivity contribution < 1.29 is 13.9 Å². The van der Waals surface area contributed by atoms with E-state index in [1.165, 1.54) is 12.1 Å². The molecule has 29 heavy (non-hydrogen) atoms. The fraction of sp³-hybridized carbons (Fsp3) is 0.217. The van der Waals surface area contributed by atoms with Crippen molar-refractivity contribution in [2.24, 2.45) is 0 Å². The first-order valence-electron chi connectivity index (χ1n) is 9.29. The topological polar surface area (TPSA) is 49.2 Å². The van der Waals surface area contributed by atoms with Crippen molar-refractivity contribution in [2.75, 3.05) is 14.2 Å². The molecular weight excluding hydrogens is 369 g/mol. The van der Waals surface area contributed by atoms with Crippen LogP contribution in [0.1, 0.15) is 17.0 Å². The number of aryl methyl sites for hydroxylation is 2. The van der Waals surface area contributed by atoms with Crippen molar-refractivity contribution in [3.63, 3.8) is 0 Å². The Hall–Kier alpha value is -3.41. The van der Waals surface area contributed by atoms with E-state index in [4.69, 9.17) is 14.5 Å². The Morgan fingerprint density at radius 1 is 0.897 bits per heavy atom. The molecule has 148 valence electrons. The van der Waals surface area contributed by atoms with Gasteiger partial charge in [0.15, 0.2) is 11.5 Å². The molecule has 2 aromatic carbocycles. The number of fused-ring (bicyclic) bond motifs is 1. The second kappa shape index (κ2) is 7.20. The quantitative estimate of drug-likeness (QED) is 0.482. The molecule has 0 aliphatic rings. The van der Waals surface area contributed by atoms with Crippen LogP contribution in [0.2, 0.25) is 0 Å². The predicted octanol–water partition coefficient (Wildman–Crippen LogP) is 5.17. The highest BCUT2D eigenvalue weighted by atomic mass is 19.1. The molecule has 0 bridgehead atoms. The molecule has 0 spiro atoms. The first-order valence-corrected chi connectivity index (χ1v) is 9.29. The summed E-state index contributed by atoms with van der Waals surface area (Å²) in [5.74, 6) is 1.04. The Labute approximate surface area is 168 Å². The number of hydrogen-bond acceptors (Lipinski definition) is 4. The summed E-state index contributed by atoms with van der Waals surface area (Å²) < 4.78 is 26.0. The zero-order valence-corrected chi connectivity index (χ0v) is 17.1. The van der Waals surface area contributed by atoms with Gasteiger partial charge >= 0.3 is 0 Å². The van der Waals surface area contributed by atoms with E-state index in [-0.39, 0.29) is 5.82 Å². The van der Waals surface area contributed by atoms with Crippen LogP contribution >= 0.6 is 0 Å². The number of methoxy groups -OCH3 is 2. The molecule has 4 aromatic rings. The van der Waals surface area contributed by atoms with Crippen molar-refractivity contribution >= 4 is 10.9 Å². The second-order valence-corrected chi connectivity index (χ2v) is 6.98. The lowest BCUT2D eigenvalue weighted by Gasteiger charge is -2.12. The van der Waals surface area contributed by atoms with Crippen LogP contribution in [0.15, 0.2) is 42.5 Å². The van der Waals surface area contributed by atoms with Crippen LogP contribution < -0.4 is 9.47 Å². The van der Waals surface area contributed by atoms with E-state index < -0.39 is 0 Å². The first-order chi connectivity index (χ1) is 13.9. The molecule has 0 fully saturated rings. The molecular formula is C23H22FN3O2. The SMILES string of the molecule is COc1cc2nc(-c3c(C)nn(-c4ccc(F)cc4)c3C)cc(C)c2cc1OC. The van der Waals surface area contributed by atoms with Crippen LogP contribution in [-0.4, -0.2) is 29.0 Å². The van der Waals surface area contributed by atoms with Gasteiger partial charge in [0.25, 0.3) is 0 Å². The first kappa shape index (κ1) is 18.9. The molecule has 0 N–H and O–H groups in total. The molecule has 2 heterocycles. The lowest BCUT2D eigenvalue weighted by Crippen LogP contribution is -1.99. The summed E-state index contributed by atoms with van der Waals surface area (Å²) in [5.41, 5.74) is 6.33. The summed E-state index contributed by atoms with van der Waals surface area (Å²) in [6, 6.07) is 12.2. The van der Waals surface area contributed by atoms with Gasteiger partial charge in [0.1, 0.15) is 5.82 Å². The minimum Gasteiger partial charge on any atom is -0.493 e. The van der Waals surface area contributed by atoms with Gasteiger partial charge in [0.2, 0.25) is 0 Å². The van der Waals surface area contributed by atoms with E-state index in [9.17, 15) is 4.39 Å². The molecule has 0 unspecified atom stereocenters. The van der Waals surface area contributed by atoms with Gasteiger partial charge in [-0.1, -0.05) is 0 Å². The molecule has 0 amide bonds. The van der Waals surface area contributed by atoms with Gasteiger partial charge in [-0.05, 0) is 62.7 Å². The Morgan fingerprint density at radius 2 is 1.55 bits per heavy atom. The maximum atomic E-state index is 13.3. The van der Waals surface area contributed by atoms with Gasteiger partial charge in [-0.2, -0.15) is 5.10 Å². The molecule has 5 nitrogen and oxygen atoms in total. The monoisotopic (exact) mass is 391 g/mol. The number of halogens is 1. The number of nitrogens with zero attached hydrogens (tertiary/aromatic N) is 3. The molecule has 4 rings (SSSR count). The molecule has 6 heteroatoms. The number of hydrogen-bond donors (Lipinski definition) is 0. The van der Waals surface area contributed by atoms with Crippen LogP contribution in [0, 0.1) is 26.6 Å². The number of pyridine rings is 1. The summed E-state index contributed by atoms with van der Waals surface area (Å²) in [6.45, 7) is 6.00. The summed E-state index contributed by atoms with van der Waals surface area (Å²) >= 11 is 0. The molecule has 0 radical (unpaired) electrons. The van der Waals surface area contributed by atoms with Crippen molar-refractivity contribution in [3.8, 4) is 28.4 Å². The summed E-state index contributed by atoms with van der Waals surface area (Å²) in [7, 11) is 3.23. The fourth-order valence-electron chi connectivity index (χ4n) is 3.70. The Bertz CT molecular complexity index is 1210. The van der Waals surface area contributed by atoms with E-state index in [1.807, 2.05) is 30.7 Å². The largest absolute Gasteiger partial charge is 0.493 e. The van der Waals surface area contributed by atoms with E-state index in [2.05, 4.69) is 18.1 Å². The molecule has 2 aromatic heterocycles. The van der Waals surface area contributed by atoms with Crippen molar-refractivity contribution in [3.05, 3.63) is 65.2 Å². The van der Waals surface area contributed by atoms with Gasteiger partial charge in [-0.3, -0.25) is 0 Å². The van der Waals surface area contributed by atoms with Gasteiger partial charge in [0.05, 0.1) is 42.5 Å². The number of benzene rings is 2. The maximum absolute atomic E-state index is 13.3. The van der Waals surface area contributed by atoms with E-state index in [0.29, 0.717) is 11.5 Å². The van der Waals surface area contributed by atoms with Crippen LogP contribution in [0.5, 0.6) is 11.5 Å².